The van der Waals surface area contributed by atoms with Gasteiger partial charge >= 0.3 is 0 Å². The van der Waals surface area contributed by atoms with Crippen molar-refractivity contribution in [3.05, 3.63) is 35.4 Å². The Kier molecular flexibility index (Phi) is 6.93. The van der Waals surface area contributed by atoms with Gasteiger partial charge < -0.3 is 4.90 Å². The summed E-state index contributed by atoms with van der Waals surface area (Å²) in [5, 5.41) is 0. The first-order valence-corrected chi connectivity index (χ1v) is 7.56. The van der Waals surface area contributed by atoms with Crippen LogP contribution >= 0.6 is 11.6 Å². The van der Waals surface area contributed by atoms with E-state index < -0.39 is 0 Å². The molecule has 0 radical (unpaired) electrons. The zero-order chi connectivity index (χ0) is 14.3. The fraction of sp³-hybridized carbons (Fsp3) is 0.562. The zero-order valence-corrected chi connectivity index (χ0v) is 12.9. The van der Waals surface area contributed by atoms with Crippen LogP contribution in [0.1, 0.15) is 37.8 Å². The number of aryl methyl sites for hydroxylation is 1. The molecule has 19 heavy (non-hydrogen) atoms. The van der Waals surface area contributed by atoms with Crippen LogP contribution in [-0.2, 0) is 11.2 Å². The number of nitrogens with zero attached hydrogens (tertiary/aromatic N) is 1. The van der Waals surface area contributed by atoms with Crippen molar-refractivity contribution in [1.82, 2.24) is 4.90 Å². The lowest BCUT2D eigenvalue weighted by Crippen LogP contribution is -2.41. The first kappa shape index (κ1) is 16.0. The summed E-state index contributed by atoms with van der Waals surface area (Å²) in [6, 6.07) is 8.45. The molecular weight excluding hydrogens is 258 g/mol. The van der Waals surface area contributed by atoms with E-state index in [9.17, 15) is 4.79 Å². The Hall–Kier alpha value is -1.02. The molecule has 0 saturated heterocycles. The van der Waals surface area contributed by atoms with Gasteiger partial charge in [-0.25, -0.2) is 0 Å². The molecule has 0 heterocycles. The van der Waals surface area contributed by atoms with E-state index in [1.165, 1.54) is 5.56 Å². The second-order valence-corrected chi connectivity index (χ2v) is 5.29. The minimum atomic E-state index is 0.179. The van der Waals surface area contributed by atoms with E-state index in [-0.39, 0.29) is 5.91 Å². The number of benzene rings is 1. The predicted octanol–water partition coefficient (Wildman–Crippen LogP) is 3.79. The van der Waals surface area contributed by atoms with Gasteiger partial charge in [-0.1, -0.05) is 43.7 Å². The van der Waals surface area contributed by atoms with E-state index >= 15 is 0 Å². The zero-order valence-electron chi connectivity index (χ0n) is 12.2. The highest BCUT2D eigenvalue weighted by Gasteiger charge is 2.20. The minimum Gasteiger partial charge on any atom is -0.338 e. The number of halogens is 1. The van der Waals surface area contributed by atoms with Crippen molar-refractivity contribution in [3.63, 3.8) is 0 Å². The van der Waals surface area contributed by atoms with Crippen LogP contribution in [0.3, 0.4) is 0 Å². The van der Waals surface area contributed by atoms with Gasteiger partial charge in [-0.2, -0.15) is 0 Å². The molecule has 1 aromatic carbocycles. The maximum absolute atomic E-state index is 12.4. The number of carbonyl (C=O) groups excluding carboxylic acids is 1. The second kappa shape index (κ2) is 8.21. The SMILES string of the molecule is CCC(CC)N(CCCl)C(=O)Cc1ccc(C)cc1. The third-order valence-electron chi connectivity index (χ3n) is 3.50. The number of carbonyl (C=O) groups is 1. The first-order valence-electron chi connectivity index (χ1n) is 7.03. The molecule has 1 aromatic rings. The Bertz CT molecular complexity index is 384. The summed E-state index contributed by atoms with van der Waals surface area (Å²) in [5.41, 5.74) is 2.29. The van der Waals surface area contributed by atoms with Crippen LogP contribution in [0.15, 0.2) is 24.3 Å². The number of rotatable bonds is 7. The van der Waals surface area contributed by atoms with Gasteiger partial charge in [0.15, 0.2) is 0 Å². The van der Waals surface area contributed by atoms with E-state index in [4.69, 9.17) is 11.6 Å². The molecule has 2 nitrogen and oxygen atoms in total. The largest absolute Gasteiger partial charge is 0.338 e. The quantitative estimate of drug-likeness (QED) is 0.696. The normalized spacial score (nSPS) is 10.8. The van der Waals surface area contributed by atoms with Crippen LogP contribution in [0.4, 0.5) is 0 Å². The molecule has 1 rings (SSSR count). The molecular formula is C16H24ClNO. The molecule has 106 valence electrons. The fourth-order valence-electron chi connectivity index (χ4n) is 2.31. The molecule has 0 atom stereocenters. The monoisotopic (exact) mass is 281 g/mol. The predicted molar refractivity (Wildman–Crippen MR) is 81.7 cm³/mol. The van der Waals surface area contributed by atoms with Crippen molar-refractivity contribution in [2.75, 3.05) is 12.4 Å². The first-order chi connectivity index (χ1) is 9.12. The van der Waals surface area contributed by atoms with E-state index in [0.29, 0.717) is 24.9 Å². The van der Waals surface area contributed by atoms with Gasteiger partial charge in [0, 0.05) is 18.5 Å². The lowest BCUT2D eigenvalue weighted by Gasteiger charge is -2.30. The summed E-state index contributed by atoms with van der Waals surface area (Å²) in [6.45, 7) is 6.93. The van der Waals surface area contributed by atoms with Crippen LogP contribution in [-0.4, -0.2) is 29.3 Å². The summed E-state index contributed by atoms with van der Waals surface area (Å²) in [4.78, 5) is 14.4. The van der Waals surface area contributed by atoms with Gasteiger partial charge in [-0.3, -0.25) is 4.79 Å². The third-order valence-corrected chi connectivity index (χ3v) is 3.67. The Morgan fingerprint density at radius 3 is 2.26 bits per heavy atom. The van der Waals surface area contributed by atoms with E-state index in [1.807, 2.05) is 29.2 Å². The Balaban J connectivity index is 2.73. The maximum atomic E-state index is 12.4. The van der Waals surface area contributed by atoms with Crippen LogP contribution in [0.2, 0.25) is 0 Å². The maximum Gasteiger partial charge on any atom is 0.227 e. The molecule has 3 heteroatoms. The van der Waals surface area contributed by atoms with Crippen molar-refractivity contribution in [3.8, 4) is 0 Å². The van der Waals surface area contributed by atoms with Gasteiger partial charge in [-0.05, 0) is 25.3 Å². The standard InChI is InChI=1S/C16H24ClNO/c1-4-15(5-2)18(11-10-17)16(19)12-14-8-6-13(3)7-9-14/h6-9,15H,4-5,10-12H2,1-3H3. The van der Waals surface area contributed by atoms with Gasteiger partial charge in [0.1, 0.15) is 0 Å². The number of alkyl halides is 1. The summed E-state index contributed by atoms with van der Waals surface area (Å²) < 4.78 is 0. The molecule has 0 aliphatic heterocycles. The fourth-order valence-corrected chi connectivity index (χ4v) is 2.50. The van der Waals surface area contributed by atoms with Crippen molar-refractivity contribution in [1.29, 1.82) is 0 Å². The lowest BCUT2D eigenvalue weighted by atomic mass is 10.1. The van der Waals surface area contributed by atoms with Crippen LogP contribution in [0.5, 0.6) is 0 Å². The van der Waals surface area contributed by atoms with E-state index in [1.54, 1.807) is 0 Å². The molecule has 0 aromatic heterocycles. The van der Waals surface area contributed by atoms with Crippen LogP contribution in [0.25, 0.3) is 0 Å². The third kappa shape index (κ3) is 4.87. The second-order valence-electron chi connectivity index (χ2n) is 4.91. The van der Waals surface area contributed by atoms with Crippen molar-refractivity contribution in [2.24, 2.45) is 0 Å². The molecule has 0 bridgehead atoms. The van der Waals surface area contributed by atoms with E-state index in [0.717, 1.165) is 18.4 Å². The molecule has 0 aliphatic carbocycles. The van der Waals surface area contributed by atoms with Crippen LogP contribution in [0, 0.1) is 6.92 Å². The topological polar surface area (TPSA) is 20.3 Å². The minimum absolute atomic E-state index is 0.179. The van der Waals surface area contributed by atoms with E-state index in [2.05, 4.69) is 20.8 Å². The molecule has 0 aliphatic rings. The lowest BCUT2D eigenvalue weighted by molar-refractivity contribution is -0.132. The van der Waals surface area contributed by atoms with Crippen LogP contribution < -0.4 is 0 Å². The average Bonchev–Trinajstić information content (AvgIpc) is 2.41. The van der Waals surface area contributed by atoms with Gasteiger partial charge in [0.05, 0.1) is 6.42 Å². The highest BCUT2D eigenvalue weighted by Crippen LogP contribution is 2.12. The van der Waals surface area contributed by atoms with Gasteiger partial charge in [0.2, 0.25) is 5.91 Å². The molecule has 1 amide bonds. The summed E-state index contributed by atoms with van der Waals surface area (Å²) in [6.07, 6.45) is 2.42. The summed E-state index contributed by atoms with van der Waals surface area (Å²) in [5.74, 6) is 0.675. The van der Waals surface area contributed by atoms with Crippen molar-refractivity contribution < 1.29 is 4.79 Å². The molecule has 0 N–H and O–H groups in total. The Morgan fingerprint density at radius 1 is 1.21 bits per heavy atom. The summed E-state index contributed by atoms with van der Waals surface area (Å²) in [7, 11) is 0. The summed E-state index contributed by atoms with van der Waals surface area (Å²) >= 11 is 5.83. The highest BCUT2D eigenvalue weighted by atomic mass is 35.5. The molecule has 0 saturated carbocycles. The highest BCUT2D eigenvalue weighted by molar-refractivity contribution is 6.18. The van der Waals surface area contributed by atoms with Crippen molar-refractivity contribution >= 4 is 17.5 Å². The Morgan fingerprint density at radius 2 is 1.79 bits per heavy atom. The Labute approximate surface area is 121 Å². The van der Waals surface area contributed by atoms with Gasteiger partial charge in [0.25, 0.3) is 0 Å². The number of hydrogen-bond donors (Lipinski definition) is 0. The molecule has 0 fully saturated rings. The molecule has 0 spiro atoms. The smallest absolute Gasteiger partial charge is 0.227 e. The average molecular weight is 282 g/mol. The van der Waals surface area contributed by atoms with Gasteiger partial charge in [-0.15, -0.1) is 11.6 Å². The molecule has 0 unspecified atom stereocenters. The van der Waals surface area contributed by atoms with Crippen molar-refractivity contribution in [2.45, 2.75) is 46.1 Å². The number of hydrogen-bond acceptors (Lipinski definition) is 1. The number of amides is 1.